The lowest BCUT2D eigenvalue weighted by Crippen LogP contribution is -2.01. The van der Waals surface area contributed by atoms with Gasteiger partial charge in [-0.2, -0.15) is 0 Å². The lowest BCUT2D eigenvalue weighted by Gasteiger charge is -2.09. The van der Waals surface area contributed by atoms with Crippen molar-refractivity contribution in [2.24, 2.45) is 0 Å². The molecule has 0 N–H and O–H groups in total. The quantitative estimate of drug-likeness (QED) is 0.391. The van der Waals surface area contributed by atoms with E-state index in [2.05, 4.69) is 21.7 Å². The van der Waals surface area contributed by atoms with Crippen LogP contribution in [0.15, 0.2) is 67.3 Å². The molecule has 3 nitrogen and oxygen atoms in total. The maximum absolute atomic E-state index is 6.03. The van der Waals surface area contributed by atoms with Gasteiger partial charge in [-0.05, 0) is 36.6 Å². The Kier molecular flexibility index (Phi) is 6.29. The lowest BCUT2D eigenvalue weighted by molar-refractivity contribution is 0.302. The number of benzene rings is 2. The molecule has 0 aliphatic heterocycles. The first-order chi connectivity index (χ1) is 12.3. The van der Waals surface area contributed by atoms with Crippen LogP contribution in [-0.2, 0) is 6.54 Å². The summed E-state index contributed by atoms with van der Waals surface area (Å²) in [6, 6.07) is 15.9. The highest BCUT2D eigenvalue weighted by Gasteiger charge is 2.00. The fourth-order valence-electron chi connectivity index (χ4n) is 2.54. The van der Waals surface area contributed by atoms with Crippen molar-refractivity contribution in [1.82, 2.24) is 9.55 Å². The van der Waals surface area contributed by atoms with E-state index in [9.17, 15) is 0 Å². The van der Waals surface area contributed by atoms with Crippen molar-refractivity contribution in [2.75, 3.05) is 6.61 Å². The van der Waals surface area contributed by atoms with Crippen molar-refractivity contribution in [3.05, 3.63) is 83.4 Å². The van der Waals surface area contributed by atoms with E-state index in [1.54, 1.807) is 6.20 Å². The van der Waals surface area contributed by atoms with Crippen molar-refractivity contribution in [3.8, 4) is 5.75 Å². The SMILES string of the molecule is Clc1cccc(C=Cc2ccccc2OCCCCn2ccnc2)c1. The third-order valence-electron chi connectivity index (χ3n) is 3.85. The summed E-state index contributed by atoms with van der Waals surface area (Å²) in [5, 5.41) is 0.740. The number of hydrogen-bond donors (Lipinski definition) is 0. The van der Waals surface area contributed by atoms with Crippen LogP contribution >= 0.6 is 11.6 Å². The fraction of sp³-hybridized carbons (Fsp3) is 0.190. The van der Waals surface area contributed by atoms with E-state index >= 15 is 0 Å². The number of ether oxygens (including phenoxy) is 1. The van der Waals surface area contributed by atoms with E-state index in [0.717, 1.165) is 41.3 Å². The maximum Gasteiger partial charge on any atom is 0.126 e. The molecule has 0 radical (unpaired) electrons. The maximum atomic E-state index is 6.03. The van der Waals surface area contributed by atoms with Crippen LogP contribution in [0.1, 0.15) is 24.0 Å². The van der Waals surface area contributed by atoms with Gasteiger partial charge in [-0.1, -0.05) is 54.1 Å². The molecular weight excluding hydrogens is 332 g/mol. The normalized spacial score (nSPS) is 11.1. The van der Waals surface area contributed by atoms with E-state index in [1.807, 2.05) is 61.1 Å². The van der Waals surface area contributed by atoms with Crippen LogP contribution in [0, 0.1) is 0 Å². The zero-order valence-electron chi connectivity index (χ0n) is 14.0. The summed E-state index contributed by atoms with van der Waals surface area (Å²) in [7, 11) is 0. The third-order valence-corrected chi connectivity index (χ3v) is 4.09. The van der Waals surface area contributed by atoms with E-state index in [4.69, 9.17) is 16.3 Å². The smallest absolute Gasteiger partial charge is 0.126 e. The predicted molar refractivity (Wildman–Crippen MR) is 104 cm³/mol. The number of aromatic nitrogens is 2. The Balaban J connectivity index is 1.53. The van der Waals surface area contributed by atoms with Gasteiger partial charge in [0, 0.05) is 29.5 Å². The molecule has 0 unspecified atom stereocenters. The van der Waals surface area contributed by atoms with Crippen molar-refractivity contribution >= 4 is 23.8 Å². The number of para-hydroxylation sites is 1. The molecule has 4 heteroatoms. The summed E-state index contributed by atoms with van der Waals surface area (Å²) in [4.78, 5) is 4.05. The Bertz CT molecular complexity index is 812. The second kappa shape index (κ2) is 9.09. The molecule has 1 aromatic heterocycles. The van der Waals surface area contributed by atoms with Gasteiger partial charge >= 0.3 is 0 Å². The summed E-state index contributed by atoms with van der Waals surface area (Å²) in [6.07, 6.45) is 11.8. The Labute approximate surface area is 153 Å². The first-order valence-corrected chi connectivity index (χ1v) is 8.80. The number of rotatable bonds is 8. The molecule has 3 rings (SSSR count). The van der Waals surface area contributed by atoms with Gasteiger partial charge in [0.2, 0.25) is 0 Å². The van der Waals surface area contributed by atoms with Gasteiger partial charge in [0.15, 0.2) is 0 Å². The average Bonchev–Trinajstić information content (AvgIpc) is 3.14. The van der Waals surface area contributed by atoms with E-state index in [-0.39, 0.29) is 0 Å². The van der Waals surface area contributed by atoms with Crippen LogP contribution in [0.2, 0.25) is 5.02 Å². The van der Waals surface area contributed by atoms with E-state index < -0.39 is 0 Å². The zero-order valence-corrected chi connectivity index (χ0v) is 14.8. The summed E-state index contributed by atoms with van der Waals surface area (Å²) >= 11 is 6.03. The van der Waals surface area contributed by atoms with Crippen molar-refractivity contribution < 1.29 is 4.74 Å². The highest BCUT2D eigenvalue weighted by atomic mass is 35.5. The van der Waals surface area contributed by atoms with Gasteiger partial charge in [0.1, 0.15) is 5.75 Å². The summed E-state index contributed by atoms with van der Waals surface area (Å²) in [6.45, 7) is 1.68. The van der Waals surface area contributed by atoms with Gasteiger partial charge in [-0.15, -0.1) is 0 Å². The van der Waals surface area contributed by atoms with E-state index in [1.165, 1.54) is 0 Å². The van der Waals surface area contributed by atoms with Crippen LogP contribution in [0.4, 0.5) is 0 Å². The number of halogens is 1. The minimum atomic E-state index is 0.705. The molecule has 1 heterocycles. The van der Waals surface area contributed by atoms with Gasteiger partial charge in [0.05, 0.1) is 12.9 Å². The van der Waals surface area contributed by atoms with Crippen molar-refractivity contribution in [3.63, 3.8) is 0 Å². The Morgan fingerprint density at radius 2 is 1.96 bits per heavy atom. The number of hydrogen-bond acceptors (Lipinski definition) is 2. The minimum absolute atomic E-state index is 0.705. The molecular formula is C21H21ClN2O. The van der Waals surface area contributed by atoms with Crippen LogP contribution < -0.4 is 4.74 Å². The number of nitrogens with zero attached hydrogens (tertiary/aromatic N) is 2. The first-order valence-electron chi connectivity index (χ1n) is 8.42. The predicted octanol–water partition coefficient (Wildman–Crippen LogP) is 5.57. The average molecular weight is 353 g/mol. The van der Waals surface area contributed by atoms with Gasteiger partial charge in [0.25, 0.3) is 0 Å². The zero-order chi connectivity index (χ0) is 17.3. The largest absolute Gasteiger partial charge is 0.493 e. The Morgan fingerprint density at radius 3 is 2.80 bits per heavy atom. The first kappa shape index (κ1) is 17.3. The summed E-state index contributed by atoms with van der Waals surface area (Å²) in [5.41, 5.74) is 2.14. The molecule has 0 bridgehead atoms. The molecule has 0 saturated carbocycles. The topological polar surface area (TPSA) is 27.1 Å². The molecule has 0 atom stereocenters. The second-order valence-corrected chi connectivity index (χ2v) is 6.22. The number of imidazole rings is 1. The van der Waals surface area contributed by atoms with Crippen molar-refractivity contribution in [2.45, 2.75) is 19.4 Å². The lowest BCUT2D eigenvalue weighted by atomic mass is 10.1. The van der Waals surface area contributed by atoms with E-state index in [0.29, 0.717) is 6.61 Å². The van der Waals surface area contributed by atoms with Crippen LogP contribution in [0.3, 0.4) is 0 Å². The fourth-order valence-corrected chi connectivity index (χ4v) is 2.74. The van der Waals surface area contributed by atoms with Crippen molar-refractivity contribution in [1.29, 1.82) is 0 Å². The Morgan fingerprint density at radius 1 is 1.04 bits per heavy atom. The number of unbranched alkanes of at least 4 members (excludes halogenated alkanes) is 1. The second-order valence-electron chi connectivity index (χ2n) is 5.78. The minimum Gasteiger partial charge on any atom is -0.493 e. The molecule has 0 aliphatic carbocycles. The molecule has 0 spiro atoms. The highest BCUT2D eigenvalue weighted by molar-refractivity contribution is 6.30. The summed E-state index contributed by atoms with van der Waals surface area (Å²) < 4.78 is 8.05. The van der Waals surface area contributed by atoms with Gasteiger partial charge in [-0.25, -0.2) is 4.98 Å². The molecule has 2 aromatic carbocycles. The monoisotopic (exact) mass is 352 g/mol. The summed E-state index contributed by atoms with van der Waals surface area (Å²) in [5.74, 6) is 0.906. The number of aryl methyl sites for hydroxylation is 1. The molecule has 128 valence electrons. The van der Waals surface area contributed by atoms with Crippen LogP contribution in [-0.4, -0.2) is 16.2 Å². The third kappa shape index (κ3) is 5.50. The molecule has 0 amide bonds. The van der Waals surface area contributed by atoms with Gasteiger partial charge in [-0.3, -0.25) is 0 Å². The molecule has 0 aliphatic rings. The van der Waals surface area contributed by atoms with Crippen LogP contribution in [0.5, 0.6) is 5.75 Å². The molecule has 25 heavy (non-hydrogen) atoms. The highest BCUT2D eigenvalue weighted by Crippen LogP contribution is 2.21. The Hall–Kier alpha value is -2.52. The molecule has 0 fully saturated rings. The molecule has 0 saturated heterocycles. The van der Waals surface area contributed by atoms with Gasteiger partial charge < -0.3 is 9.30 Å². The molecule has 3 aromatic rings. The standard InChI is InChI=1S/C21H21ClN2O/c22-20-8-5-6-18(16-20)10-11-19-7-1-2-9-21(19)25-15-4-3-13-24-14-12-23-17-24/h1-2,5-12,14,16-17H,3-4,13,15H2. The van der Waals surface area contributed by atoms with Crippen LogP contribution in [0.25, 0.3) is 12.2 Å².